The van der Waals surface area contributed by atoms with Crippen molar-refractivity contribution >= 4 is 33.9 Å². The molecule has 1 amide bonds. The van der Waals surface area contributed by atoms with E-state index >= 15 is 0 Å². The zero-order valence-electron chi connectivity index (χ0n) is 19.1. The normalized spacial score (nSPS) is 12.1. The molecule has 0 aliphatic rings. The Hall–Kier alpha value is -4.79. The largest absolute Gasteiger partial charge is 0.381 e. The fraction of sp³-hybridized carbons (Fsp3) is 0.115. The number of para-hydroxylation sites is 1. The zero-order valence-corrected chi connectivity index (χ0v) is 19.1. The van der Waals surface area contributed by atoms with Gasteiger partial charge in [0.25, 0.3) is 11.5 Å². The standard InChI is InChI=1S/C26H22N6O3/c1-15(29-25(34)22-23(27)30-31-13-7-12-28-24(22)31)20-14-17-8-6-11-19(16(2)33)21(17)26(35)32(20)18-9-4-3-5-10-18/h3-15H,1-2H3,(H2,27,30)(H,29,34)/t15-/m0/s1. The molecule has 0 spiro atoms. The minimum Gasteiger partial charge on any atom is -0.381 e. The number of nitrogens with two attached hydrogens (primary N) is 1. The SMILES string of the molecule is CC(=O)c1cccc2cc([C@H](C)NC(=O)c3c(N)nn4cccnc34)n(-c3ccccc3)c(=O)c12. The quantitative estimate of drug-likeness (QED) is 0.383. The monoisotopic (exact) mass is 466 g/mol. The second kappa shape index (κ2) is 8.53. The van der Waals surface area contributed by atoms with Crippen molar-refractivity contribution in [1.29, 1.82) is 0 Å². The molecule has 9 heteroatoms. The fourth-order valence-electron chi connectivity index (χ4n) is 4.30. The van der Waals surface area contributed by atoms with Crippen molar-refractivity contribution in [1.82, 2.24) is 24.5 Å². The lowest BCUT2D eigenvalue weighted by Gasteiger charge is -2.21. The number of hydrogen-bond acceptors (Lipinski definition) is 6. The van der Waals surface area contributed by atoms with Gasteiger partial charge in [-0.25, -0.2) is 9.50 Å². The number of pyridine rings is 1. The molecule has 1 atom stereocenters. The van der Waals surface area contributed by atoms with E-state index in [1.165, 1.54) is 16.0 Å². The number of fused-ring (bicyclic) bond motifs is 2. The Bertz CT molecular complexity index is 1670. The van der Waals surface area contributed by atoms with Crippen LogP contribution in [0.15, 0.2) is 77.9 Å². The Morgan fingerprint density at radius 3 is 2.57 bits per heavy atom. The van der Waals surface area contributed by atoms with Crippen molar-refractivity contribution in [2.45, 2.75) is 19.9 Å². The van der Waals surface area contributed by atoms with E-state index in [-0.39, 0.29) is 22.7 Å². The van der Waals surface area contributed by atoms with Crippen LogP contribution in [0.5, 0.6) is 0 Å². The Morgan fingerprint density at radius 2 is 1.83 bits per heavy atom. The van der Waals surface area contributed by atoms with Gasteiger partial charge in [0.1, 0.15) is 5.56 Å². The molecule has 3 aromatic heterocycles. The number of hydrogen-bond donors (Lipinski definition) is 2. The number of carbonyl (C=O) groups is 2. The Morgan fingerprint density at radius 1 is 1.06 bits per heavy atom. The van der Waals surface area contributed by atoms with Crippen LogP contribution in [0.1, 0.15) is 46.3 Å². The third-order valence-electron chi connectivity index (χ3n) is 5.91. The number of benzene rings is 2. The van der Waals surface area contributed by atoms with Gasteiger partial charge in [-0.15, -0.1) is 5.10 Å². The Balaban J connectivity index is 1.66. The van der Waals surface area contributed by atoms with Crippen LogP contribution in [-0.4, -0.2) is 30.9 Å². The highest BCUT2D eigenvalue weighted by molar-refractivity contribution is 6.07. The number of rotatable bonds is 5. The molecule has 0 saturated carbocycles. The van der Waals surface area contributed by atoms with Crippen molar-refractivity contribution in [2.75, 3.05) is 5.73 Å². The molecule has 0 unspecified atom stereocenters. The summed E-state index contributed by atoms with van der Waals surface area (Å²) in [5.41, 5.74) is 7.68. The lowest BCUT2D eigenvalue weighted by molar-refractivity contribution is 0.0940. The lowest BCUT2D eigenvalue weighted by Crippen LogP contribution is -2.32. The minimum atomic E-state index is -0.598. The van der Waals surface area contributed by atoms with Gasteiger partial charge in [-0.1, -0.05) is 36.4 Å². The topological polar surface area (TPSA) is 124 Å². The summed E-state index contributed by atoms with van der Waals surface area (Å²) in [6.45, 7) is 3.22. The summed E-state index contributed by atoms with van der Waals surface area (Å²) in [4.78, 5) is 43.5. The van der Waals surface area contributed by atoms with Gasteiger partial charge < -0.3 is 11.1 Å². The van der Waals surface area contributed by atoms with Crippen LogP contribution in [0.4, 0.5) is 5.82 Å². The maximum absolute atomic E-state index is 13.8. The highest BCUT2D eigenvalue weighted by Gasteiger charge is 2.24. The molecule has 3 N–H and O–H groups in total. The molecular weight excluding hydrogens is 444 g/mol. The zero-order chi connectivity index (χ0) is 24.7. The van der Waals surface area contributed by atoms with Gasteiger partial charge in [-0.3, -0.25) is 19.0 Å². The molecule has 5 aromatic rings. The van der Waals surface area contributed by atoms with Crippen molar-refractivity contribution in [3.8, 4) is 5.69 Å². The number of anilines is 1. The van der Waals surface area contributed by atoms with Crippen molar-refractivity contribution in [2.24, 2.45) is 0 Å². The predicted octanol–water partition coefficient (Wildman–Crippen LogP) is 3.31. The first-order chi connectivity index (χ1) is 16.9. The minimum absolute atomic E-state index is 0.0541. The average molecular weight is 467 g/mol. The number of ketones is 1. The fourth-order valence-corrected chi connectivity index (χ4v) is 4.30. The van der Waals surface area contributed by atoms with Gasteiger partial charge in [0, 0.05) is 29.3 Å². The number of nitrogen functional groups attached to an aromatic ring is 1. The summed E-state index contributed by atoms with van der Waals surface area (Å²) < 4.78 is 2.96. The van der Waals surface area contributed by atoms with Gasteiger partial charge in [0.15, 0.2) is 17.2 Å². The van der Waals surface area contributed by atoms with Crippen molar-refractivity contribution in [3.05, 3.63) is 100 Å². The molecule has 9 nitrogen and oxygen atoms in total. The van der Waals surface area contributed by atoms with Crippen molar-refractivity contribution < 1.29 is 9.59 Å². The number of amides is 1. The Kier molecular flexibility index (Phi) is 5.37. The molecule has 0 bridgehead atoms. The van der Waals surface area contributed by atoms with E-state index in [4.69, 9.17) is 5.73 Å². The van der Waals surface area contributed by atoms with Gasteiger partial charge in [-0.2, -0.15) is 0 Å². The van der Waals surface area contributed by atoms with Crippen LogP contribution in [0, 0.1) is 0 Å². The number of Topliss-reactive ketones (excluding diaryl/α,β-unsaturated/α-hetero) is 1. The van der Waals surface area contributed by atoms with Gasteiger partial charge in [0.05, 0.1) is 11.4 Å². The molecule has 3 heterocycles. The molecule has 5 rings (SSSR count). The molecule has 35 heavy (non-hydrogen) atoms. The number of nitrogens with zero attached hydrogens (tertiary/aromatic N) is 4. The summed E-state index contributed by atoms with van der Waals surface area (Å²) in [5.74, 6) is -0.607. The predicted molar refractivity (Wildman–Crippen MR) is 133 cm³/mol. The van der Waals surface area contributed by atoms with E-state index < -0.39 is 11.9 Å². The molecular formula is C26H22N6O3. The van der Waals surface area contributed by atoms with Crippen LogP contribution in [0.2, 0.25) is 0 Å². The van der Waals surface area contributed by atoms with E-state index in [1.54, 1.807) is 55.7 Å². The molecule has 0 saturated heterocycles. The summed E-state index contributed by atoms with van der Waals surface area (Å²) >= 11 is 0. The summed E-state index contributed by atoms with van der Waals surface area (Å²) in [5, 5.41) is 8.03. The van der Waals surface area contributed by atoms with Crippen LogP contribution in [-0.2, 0) is 0 Å². The molecule has 0 radical (unpaired) electrons. The summed E-state index contributed by atoms with van der Waals surface area (Å²) in [7, 11) is 0. The number of aromatic nitrogens is 4. The van der Waals surface area contributed by atoms with Crippen LogP contribution in [0.25, 0.3) is 22.1 Å². The molecule has 0 fully saturated rings. The average Bonchev–Trinajstić information content (AvgIpc) is 3.19. The lowest BCUT2D eigenvalue weighted by atomic mass is 10.0. The van der Waals surface area contributed by atoms with Crippen LogP contribution >= 0.6 is 0 Å². The first kappa shape index (κ1) is 22.0. The first-order valence-electron chi connectivity index (χ1n) is 11.0. The van der Waals surface area contributed by atoms with E-state index in [0.717, 1.165) is 0 Å². The van der Waals surface area contributed by atoms with Gasteiger partial charge in [-0.05, 0) is 43.5 Å². The molecule has 0 aliphatic carbocycles. The maximum atomic E-state index is 13.8. The number of nitrogens with one attached hydrogen (secondary N) is 1. The molecule has 2 aromatic carbocycles. The second-order valence-corrected chi connectivity index (χ2v) is 8.21. The van der Waals surface area contributed by atoms with Crippen LogP contribution < -0.4 is 16.6 Å². The molecule has 174 valence electrons. The van der Waals surface area contributed by atoms with E-state index in [9.17, 15) is 14.4 Å². The third kappa shape index (κ3) is 3.72. The van der Waals surface area contributed by atoms with E-state index in [1.807, 2.05) is 24.3 Å². The maximum Gasteiger partial charge on any atom is 0.263 e. The summed E-state index contributed by atoms with van der Waals surface area (Å²) in [6.07, 6.45) is 3.21. The highest BCUT2D eigenvalue weighted by Crippen LogP contribution is 2.24. The summed E-state index contributed by atoms with van der Waals surface area (Å²) in [6, 6.07) is 17.2. The first-order valence-corrected chi connectivity index (χ1v) is 11.0. The Labute approximate surface area is 199 Å². The van der Waals surface area contributed by atoms with Crippen LogP contribution in [0.3, 0.4) is 0 Å². The molecule has 0 aliphatic heterocycles. The van der Waals surface area contributed by atoms with Gasteiger partial charge >= 0.3 is 0 Å². The van der Waals surface area contributed by atoms with E-state index in [2.05, 4.69) is 15.4 Å². The third-order valence-corrected chi connectivity index (χ3v) is 5.91. The van der Waals surface area contributed by atoms with Crippen molar-refractivity contribution in [3.63, 3.8) is 0 Å². The highest BCUT2D eigenvalue weighted by atomic mass is 16.2. The number of carbonyl (C=O) groups excluding carboxylic acids is 2. The van der Waals surface area contributed by atoms with E-state index in [0.29, 0.717) is 33.4 Å². The van der Waals surface area contributed by atoms with Gasteiger partial charge in [0.2, 0.25) is 0 Å². The smallest absolute Gasteiger partial charge is 0.263 e. The second-order valence-electron chi connectivity index (χ2n) is 8.21.